The van der Waals surface area contributed by atoms with E-state index in [2.05, 4.69) is 220 Å². The van der Waals surface area contributed by atoms with Crippen molar-refractivity contribution in [3.05, 3.63) is 214 Å². The fourth-order valence-electron chi connectivity index (χ4n) is 6.44. The molecule has 0 spiro atoms. The second kappa shape index (κ2) is 15.3. The highest BCUT2D eigenvalue weighted by atomic mass is 14.1. The van der Waals surface area contributed by atoms with Crippen LogP contribution in [0.4, 0.5) is 0 Å². The fraction of sp³-hybridized carbons (Fsp3) is 0.0400. The van der Waals surface area contributed by atoms with E-state index in [0.29, 0.717) is 0 Å². The second-order valence-electron chi connectivity index (χ2n) is 12.7. The third kappa shape index (κ3) is 7.73. The first-order chi connectivity index (χ1) is 24.6. The molecule has 0 aromatic heterocycles. The van der Waals surface area contributed by atoms with Gasteiger partial charge in [0.1, 0.15) is 0 Å². The summed E-state index contributed by atoms with van der Waals surface area (Å²) in [7, 11) is 0. The minimum absolute atomic E-state index is 1.17. The molecule has 0 saturated carbocycles. The minimum Gasteiger partial charge on any atom is -0.0622 e. The van der Waals surface area contributed by atoms with E-state index < -0.39 is 0 Å². The molecule has 7 aromatic carbocycles. The van der Waals surface area contributed by atoms with Gasteiger partial charge < -0.3 is 0 Å². The molecule has 0 radical (unpaired) electrons. The minimum atomic E-state index is 1.17. The average molecular weight is 641 g/mol. The summed E-state index contributed by atoms with van der Waals surface area (Å²) < 4.78 is 0. The number of hydrogen-bond acceptors (Lipinski definition) is 0. The molecule has 0 nitrogen and oxygen atoms in total. The van der Waals surface area contributed by atoms with E-state index in [1.165, 1.54) is 77.6 Å². The predicted octanol–water partition coefficient (Wildman–Crippen LogP) is 14.0. The van der Waals surface area contributed by atoms with Gasteiger partial charge in [0.15, 0.2) is 0 Å². The quantitative estimate of drug-likeness (QED) is 0.138. The molecule has 240 valence electrons. The Morgan fingerprint density at radius 2 is 0.800 bits per heavy atom. The number of rotatable bonds is 9. The van der Waals surface area contributed by atoms with Crippen LogP contribution in [-0.4, -0.2) is 0 Å². The largest absolute Gasteiger partial charge is 0.0622 e. The summed E-state index contributed by atoms with van der Waals surface area (Å²) in [4.78, 5) is 0. The SMILES string of the molecule is CC(=Cc1ccc(C=Cc2cc(-c3ccccc3)c3ccccc3c2C=Cc2ccc(C=C(C)c3ccccc3)cc2)cc1)c1ccccc1. The van der Waals surface area contributed by atoms with Gasteiger partial charge in [0.2, 0.25) is 0 Å². The van der Waals surface area contributed by atoms with E-state index in [1.807, 2.05) is 0 Å². The Morgan fingerprint density at radius 3 is 1.32 bits per heavy atom. The highest BCUT2D eigenvalue weighted by Gasteiger charge is 2.11. The van der Waals surface area contributed by atoms with Crippen LogP contribution in [0.15, 0.2) is 170 Å². The van der Waals surface area contributed by atoms with Gasteiger partial charge in [0.25, 0.3) is 0 Å². The summed E-state index contributed by atoms with van der Waals surface area (Å²) >= 11 is 0. The molecular formula is C50H40. The molecule has 0 saturated heterocycles. The molecule has 7 aromatic rings. The maximum Gasteiger partial charge on any atom is -0.00990 e. The van der Waals surface area contributed by atoms with Crippen LogP contribution in [0.5, 0.6) is 0 Å². The summed E-state index contributed by atoms with van der Waals surface area (Å²) in [5.41, 5.74) is 14.6. The first kappa shape index (κ1) is 32.3. The Morgan fingerprint density at radius 1 is 0.380 bits per heavy atom. The molecule has 0 heterocycles. The lowest BCUT2D eigenvalue weighted by atomic mass is 9.90. The van der Waals surface area contributed by atoms with Gasteiger partial charge in [-0.05, 0) is 97.5 Å². The van der Waals surface area contributed by atoms with Crippen molar-refractivity contribution in [2.45, 2.75) is 13.8 Å². The van der Waals surface area contributed by atoms with Crippen molar-refractivity contribution in [1.29, 1.82) is 0 Å². The molecule has 0 aliphatic carbocycles. The topological polar surface area (TPSA) is 0 Å². The molecule has 0 aliphatic rings. The molecule has 0 amide bonds. The lowest BCUT2D eigenvalue weighted by molar-refractivity contribution is 1.56. The standard InChI is InChI=1S/C50H40/c1-37(43-14-6-3-7-15-43)34-41-26-22-39(23-27-41)30-32-46-36-50(45-18-10-5-11-19-45)49-21-13-12-20-48(49)47(46)33-31-40-24-28-42(29-25-40)35-38(2)44-16-8-4-9-17-44/h3-36H,1-2H3. The molecule has 0 heteroatoms. The van der Waals surface area contributed by atoms with Crippen LogP contribution in [-0.2, 0) is 0 Å². The molecule has 0 N–H and O–H groups in total. The van der Waals surface area contributed by atoms with E-state index >= 15 is 0 Å². The maximum atomic E-state index is 2.34. The molecule has 0 bridgehead atoms. The zero-order valence-electron chi connectivity index (χ0n) is 28.6. The van der Waals surface area contributed by atoms with Crippen LogP contribution in [0.1, 0.15) is 58.4 Å². The van der Waals surface area contributed by atoms with Crippen molar-refractivity contribution < 1.29 is 0 Å². The van der Waals surface area contributed by atoms with Crippen molar-refractivity contribution in [3.63, 3.8) is 0 Å². The van der Waals surface area contributed by atoms with Gasteiger partial charge in [-0.15, -0.1) is 0 Å². The maximum absolute atomic E-state index is 2.34. The van der Waals surface area contributed by atoms with Crippen molar-refractivity contribution in [2.75, 3.05) is 0 Å². The first-order valence-corrected chi connectivity index (χ1v) is 17.3. The molecule has 0 unspecified atom stereocenters. The monoisotopic (exact) mass is 640 g/mol. The Bertz CT molecular complexity index is 2320. The number of benzene rings is 7. The predicted molar refractivity (Wildman–Crippen MR) is 220 cm³/mol. The first-order valence-electron chi connectivity index (χ1n) is 17.3. The Labute approximate surface area is 296 Å². The third-order valence-corrected chi connectivity index (χ3v) is 9.20. The van der Waals surface area contributed by atoms with Crippen molar-refractivity contribution in [1.82, 2.24) is 0 Å². The summed E-state index contributed by atoms with van der Waals surface area (Å²) in [5.74, 6) is 0. The molecule has 50 heavy (non-hydrogen) atoms. The van der Waals surface area contributed by atoms with Crippen LogP contribution in [0.25, 0.3) is 69.5 Å². The van der Waals surface area contributed by atoms with E-state index in [4.69, 9.17) is 0 Å². The Kier molecular flexibility index (Phi) is 9.90. The summed E-state index contributed by atoms with van der Waals surface area (Å²) in [5, 5.41) is 2.48. The van der Waals surface area contributed by atoms with Gasteiger partial charge in [-0.1, -0.05) is 200 Å². The van der Waals surface area contributed by atoms with Crippen molar-refractivity contribution in [2.24, 2.45) is 0 Å². The molecule has 0 fully saturated rings. The normalized spacial score (nSPS) is 12.3. The van der Waals surface area contributed by atoms with E-state index in [0.717, 1.165) is 0 Å². The fourth-order valence-corrected chi connectivity index (χ4v) is 6.44. The average Bonchev–Trinajstić information content (AvgIpc) is 3.18. The smallest absolute Gasteiger partial charge is 0.00990 e. The number of allylic oxidation sites excluding steroid dienone is 2. The van der Waals surface area contributed by atoms with E-state index in [1.54, 1.807) is 0 Å². The summed E-state index contributed by atoms with van der Waals surface area (Å²) in [6.45, 7) is 4.33. The number of fused-ring (bicyclic) bond motifs is 1. The van der Waals surface area contributed by atoms with Crippen LogP contribution >= 0.6 is 0 Å². The van der Waals surface area contributed by atoms with Gasteiger partial charge in [0, 0.05) is 0 Å². The summed E-state index contributed by atoms with van der Waals surface area (Å²) in [6, 6.07) is 60.5. The van der Waals surface area contributed by atoms with Crippen molar-refractivity contribution >= 4 is 58.4 Å². The molecule has 0 atom stereocenters. The molecule has 0 aliphatic heterocycles. The van der Waals surface area contributed by atoms with E-state index in [-0.39, 0.29) is 0 Å². The highest BCUT2D eigenvalue weighted by molar-refractivity contribution is 6.05. The summed E-state index contributed by atoms with van der Waals surface area (Å²) in [6.07, 6.45) is 13.5. The van der Waals surface area contributed by atoms with Gasteiger partial charge in [-0.25, -0.2) is 0 Å². The highest BCUT2D eigenvalue weighted by Crippen LogP contribution is 2.35. The van der Waals surface area contributed by atoms with E-state index in [9.17, 15) is 0 Å². The third-order valence-electron chi connectivity index (χ3n) is 9.20. The van der Waals surface area contributed by atoms with Crippen LogP contribution in [0.2, 0.25) is 0 Å². The van der Waals surface area contributed by atoms with Gasteiger partial charge in [-0.3, -0.25) is 0 Å². The molecule has 7 rings (SSSR count). The second-order valence-corrected chi connectivity index (χ2v) is 12.7. The van der Waals surface area contributed by atoms with Gasteiger partial charge in [-0.2, -0.15) is 0 Å². The van der Waals surface area contributed by atoms with Crippen LogP contribution < -0.4 is 0 Å². The van der Waals surface area contributed by atoms with Crippen LogP contribution in [0, 0.1) is 0 Å². The lowest BCUT2D eigenvalue weighted by Crippen LogP contribution is -1.90. The zero-order chi connectivity index (χ0) is 34.1. The molecular weight excluding hydrogens is 601 g/mol. The zero-order valence-corrected chi connectivity index (χ0v) is 28.6. The van der Waals surface area contributed by atoms with Crippen molar-refractivity contribution in [3.8, 4) is 11.1 Å². The van der Waals surface area contributed by atoms with Gasteiger partial charge >= 0.3 is 0 Å². The van der Waals surface area contributed by atoms with Gasteiger partial charge in [0.05, 0.1) is 0 Å². The Hall–Kier alpha value is -6.24. The Balaban J connectivity index is 1.22. The lowest BCUT2D eigenvalue weighted by Gasteiger charge is -2.14. The van der Waals surface area contributed by atoms with Crippen LogP contribution in [0.3, 0.4) is 0 Å². The number of hydrogen-bond donors (Lipinski definition) is 0.